The van der Waals surface area contributed by atoms with Crippen molar-refractivity contribution in [3.63, 3.8) is 0 Å². The smallest absolute Gasteiger partial charge is 0.300 e. The number of aliphatic hydroxyl groups is 7. The molecule has 0 spiro atoms. The summed E-state index contributed by atoms with van der Waals surface area (Å²) in [5.74, 6) is -0.833. The topological polar surface area (TPSA) is 233 Å². The van der Waals surface area contributed by atoms with Crippen LogP contribution in [0.5, 0.6) is 0 Å². The molecule has 0 aromatic rings. The molecular formula is C14H27NO12. The third-order valence-electron chi connectivity index (χ3n) is 4.06. The number of nitrogens with two attached hydrogens (primary N) is 1. The second-order valence-corrected chi connectivity index (χ2v) is 6.13. The Balaban J connectivity index is 0.000000828. The van der Waals surface area contributed by atoms with Crippen LogP contribution in [0, 0.1) is 0 Å². The van der Waals surface area contributed by atoms with Crippen molar-refractivity contribution >= 4 is 5.97 Å². The van der Waals surface area contributed by atoms with E-state index in [4.69, 9.17) is 35.0 Å². The van der Waals surface area contributed by atoms with E-state index in [2.05, 4.69) is 0 Å². The predicted octanol–water partition coefficient (Wildman–Crippen LogP) is -5.34. The number of hydrogen-bond acceptors (Lipinski definition) is 12. The van der Waals surface area contributed by atoms with Crippen molar-refractivity contribution in [1.29, 1.82) is 0 Å². The quantitative estimate of drug-likeness (QED) is 0.214. The SMILES string of the molecule is CC(=O)O.N[C@H]1C(O)O[C@H](CO)[C@@H](O[C@@H]2O[C@H](CO)[C@H](O)[C@H](O)[C@H]2O)[C@@H]1O. The summed E-state index contributed by atoms with van der Waals surface area (Å²) in [7, 11) is 0. The lowest BCUT2D eigenvalue weighted by atomic mass is 9.96. The molecule has 13 nitrogen and oxygen atoms in total. The molecule has 2 fully saturated rings. The van der Waals surface area contributed by atoms with Crippen molar-refractivity contribution in [3.05, 3.63) is 0 Å². The molecule has 0 aromatic carbocycles. The standard InChI is InChI=1S/C12H23NO10.C2H4O2/c13-5-7(17)10(4(2-15)21-11(5)20)23-12-9(19)8(18)6(16)3(1-14)22-12;1-2(3)4/h3-12,14-20H,1-2,13H2;1H3,(H,3,4)/t3-,4-,5-,6+,7-,8+,9-,10-,11?,12+;/m1./s1. The van der Waals surface area contributed by atoms with Gasteiger partial charge in [0.15, 0.2) is 12.6 Å². The average Bonchev–Trinajstić information content (AvgIpc) is 2.61. The number of carbonyl (C=O) groups is 1. The molecule has 160 valence electrons. The van der Waals surface area contributed by atoms with Crippen LogP contribution in [0.15, 0.2) is 0 Å². The third-order valence-corrected chi connectivity index (χ3v) is 4.06. The molecule has 0 saturated carbocycles. The van der Waals surface area contributed by atoms with E-state index in [9.17, 15) is 30.6 Å². The molecule has 0 aromatic heterocycles. The van der Waals surface area contributed by atoms with Crippen LogP contribution in [0.1, 0.15) is 6.92 Å². The van der Waals surface area contributed by atoms with Crippen molar-refractivity contribution in [3.8, 4) is 0 Å². The van der Waals surface area contributed by atoms with Gasteiger partial charge in [0, 0.05) is 6.92 Å². The van der Waals surface area contributed by atoms with Crippen LogP contribution in [-0.4, -0.2) is 121 Å². The van der Waals surface area contributed by atoms with Gasteiger partial charge in [-0.2, -0.15) is 0 Å². The molecule has 2 aliphatic rings. The molecule has 27 heavy (non-hydrogen) atoms. The van der Waals surface area contributed by atoms with Crippen molar-refractivity contribution in [1.82, 2.24) is 0 Å². The van der Waals surface area contributed by atoms with Crippen molar-refractivity contribution < 1.29 is 59.9 Å². The number of hydrogen-bond donors (Lipinski definition) is 9. The maximum absolute atomic E-state index is 10.1. The van der Waals surface area contributed by atoms with Crippen LogP contribution < -0.4 is 5.73 Å². The average molecular weight is 401 g/mol. The summed E-state index contributed by atoms with van der Waals surface area (Å²) < 4.78 is 15.5. The lowest BCUT2D eigenvalue weighted by Crippen LogP contribution is -2.66. The molecule has 2 aliphatic heterocycles. The lowest BCUT2D eigenvalue weighted by molar-refractivity contribution is -0.344. The molecule has 1 unspecified atom stereocenters. The first-order chi connectivity index (χ1) is 12.5. The molecule has 0 radical (unpaired) electrons. The summed E-state index contributed by atoms with van der Waals surface area (Å²) in [6, 6.07) is -1.23. The largest absolute Gasteiger partial charge is 0.481 e. The molecular weight excluding hydrogens is 374 g/mol. The summed E-state index contributed by atoms with van der Waals surface area (Å²) >= 11 is 0. The monoisotopic (exact) mass is 401 g/mol. The van der Waals surface area contributed by atoms with Gasteiger partial charge in [-0.25, -0.2) is 0 Å². The molecule has 10 N–H and O–H groups in total. The van der Waals surface area contributed by atoms with Crippen molar-refractivity contribution in [2.24, 2.45) is 5.73 Å². The number of rotatable bonds is 4. The minimum atomic E-state index is -1.68. The fourth-order valence-corrected chi connectivity index (χ4v) is 2.60. The highest BCUT2D eigenvalue weighted by atomic mass is 16.7. The van der Waals surface area contributed by atoms with Gasteiger partial charge in [-0.1, -0.05) is 0 Å². The van der Waals surface area contributed by atoms with Crippen LogP contribution in [0.2, 0.25) is 0 Å². The summed E-state index contributed by atoms with van der Waals surface area (Å²) in [5.41, 5.74) is 5.55. The maximum Gasteiger partial charge on any atom is 0.300 e. The number of carboxylic acids is 1. The van der Waals surface area contributed by atoms with E-state index < -0.39 is 80.5 Å². The Morgan fingerprint density at radius 1 is 0.926 bits per heavy atom. The Morgan fingerprint density at radius 2 is 1.44 bits per heavy atom. The van der Waals surface area contributed by atoms with Gasteiger partial charge in [-0.15, -0.1) is 0 Å². The number of carboxylic acid groups (broad SMARTS) is 1. The number of ether oxygens (including phenoxy) is 3. The maximum atomic E-state index is 10.1. The van der Waals surface area contributed by atoms with E-state index >= 15 is 0 Å². The molecule has 0 aliphatic carbocycles. The molecule has 2 saturated heterocycles. The zero-order valence-corrected chi connectivity index (χ0v) is 14.5. The second-order valence-electron chi connectivity index (χ2n) is 6.13. The minimum Gasteiger partial charge on any atom is -0.481 e. The van der Waals surface area contributed by atoms with Gasteiger partial charge in [-0.05, 0) is 0 Å². The van der Waals surface area contributed by atoms with Gasteiger partial charge in [0.25, 0.3) is 5.97 Å². The highest BCUT2D eigenvalue weighted by molar-refractivity contribution is 5.62. The van der Waals surface area contributed by atoms with Crippen LogP contribution >= 0.6 is 0 Å². The third kappa shape index (κ3) is 6.00. The van der Waals surface area contributed by atoms with Gasteiger partial charge in [0.05, 0.1) is 19.3 Å². The first-order valence-electron chi connectivity index (χ1n) is 8.08. The van der Waals surface area contributed by atoms with Crippen LogP contribution in [0.3, 0.4) is 0 Å². The summed E-state index contributed by atoms with van der Waals surface area (Å²) in [4.78, 5) is 9.00. The van der Waals surface area contributed by atoms with Gasteiger partial charge in [-0.3, -0.25) is 4.79 Å². The van der Waals surface area contributed by atoms with E-state index in [-0.39, 0.29) is 0 Å². The second kappa shape index (κ2) is 10.5. The molecule has 10 atom stereocenters. The first kappa shape index (κ1) is 24.1. The highest BCUT2D eigenvalue weighted by Gasteiger charge is 2.49. The first-order valence-corrected chi connectivity index (χ1v) is 8.08. The Bertz CT molecular complexity index is 459. The van der Waals surface area contributed by atoms with Crippen molar-refractivity contribution in [2.45, 2.75) is 68.3 Å². The summed E-state index contributed by atoms with van der Waals surface area (Å²) in [6.45, 7) is -0.181. The van der Waals surface area contributed by atoms with Crippen LogP contribution in [0.25, 0.3) is 0 Å². The van der Waals surface area contributed by atoms with E-state index in [0.717, 1.165) is 6.92 Å². The highest BCUT2D eigenvalue weighted by Crippen LogP contribution is 2.27. The Kier molecular flexibility index (Phi) is 9.40. The van der Waals surface area contributed by atoms with Crippen LogP contribution in [-0.2, 0) is 19.0 Å². The van der Waals surface area contributed by atoms with E-state index in [1.807, 2.05) is 0 Å². The summed E-state index contributed by atoms with van der Waals surface area (Å²) in [6.07, 6.45) is -13.0. The fourth-order valence-electron chi connectivity index (χ4n) is 2.60. The molecule has 0 amide bonds. The Hall–Kier alpha value is -0.970. The van der Waals surface area contributed by atoms with E-state index in [0.29, 0.717) is 0 Å². The molecule has 2 rings (SSSR count). The molecule has 0 bridgehead atoms. The fraction of sp³-hybridized carbons (Fsp3) is 0.929. The van der Waals surface area contributed by atoms with Gasteiger partial charge in [0.2, 0.25) is 0 Å². The lowest BCUT2D eigenvalue weighted by Gasteiger charge is -2.45. The molecule has 13 heteroatoms. The van der Waals surface area contributed by atoms with Gasteiger partial charge in [0.1, 0.15) is 42.7 Å². The molecule has 2 heterocycles. The summed E-state index contributed by atoms with van der Waals surface area (Å²) in [5, 5.41) is 74.7. The van der Waals surface area contributed by atoms with Gasteiger partial charge < -0.3 is 60.8 Å². The van der Waals surface area contributed by atoms with E-state index in [1.165, 1.54) is 0 Å². The Morgan fingerprint density at radius 3 is 1.93 bits per heavy atom. The number of aliphatic carboxylic acids is 1. The minimum absolute atomic E-state index is 0.622. The van der Waals surface area contributed by atoms with Crippen LogP contribution in [0.4, 0.5) is 0 Å². The van der Waals surface area contributed by atoms with E-state index in [1.54, 1.807) is 0 Å². The zero-order chi connectivity index (χ0) is 20.9. The van der Waals surface area contributed by atoms with Gasteiger partial charge >= 0.3 is 0 Å². The Labute approximate surface area is 154 Å². The number of aliphatic hydroxyl groups excluding tert-OH is 7. The van der Waals surface area contributed by atoms with Crippen molar-refractivity contribution in [2.75, 3.05) is 13.2 Å². The predicted molar refractivity (Wildman–Crippen MR) is 83.9 cm³/mol. The zero-order valence-electron chi connectivity index (χ0n) is 14.5. The normalized spacial score (nSPS) is 44.9.